The first kappa shape index (κ1) is 20.6. The number of anilines is 1. The van der Waals surface area contributed by atoms with Gasteiger partial charge in [-0.2, -0.15) is 5.26 Å². The van der Waals surface area contributed by atoms with Gasteiger partial charge in [0.05, 0.1) is 17.2 Å². The van der Waals surface area contributed by atoms with Crippen molar-refractivity contribution in [1.82, 2.24) is 0 Å². The summed E-state index contributed by atoms with van der Waals surface area (Å²) in [5, 5.41) is 11.6. The number of para-hydroxylation sites is 1. The minimum atomic E-state index is -0.996. The van der Waals surface area contributed by atoms with E-state index in [1.807, 2.05) is 36.4 Å². The standard InChI is InChI=1S/C24H20N2O4/c1-17(23(27)26-21-7-5-6-19(14-21)15-25)30-24(28)20-12-10-18(11-13-20)16-29-22-8-3-2-4-9-22/h2-14,17H,16H2,1H3,(H,26,27)/t17-/m0/s1. The molecule has 6 nitrogen and oxygen atoms in total. The van der Waals surface area contributed by atoms with Crippen molar-refractivity contribution in [2.45, 2.75) is 19.6 Å². The maximum absolute atomic E-state index is 12.3. The molecule has 3 aromatic carbocycles. The van der Waals surface area contributed by atoms with Gasteiger partial charge in [-0.25, -0.2) is 4.79 Å². The van der Waals surface area contributed by atoms with E-state index in [9.17, 15) is 9.59 Å². The Bertz CT molecular complexity index is 1060. The van der Waals surface area contributed by atoms with Crippen molar-refractivity contribution in [1.29, 1.82) is 5.26 Å². The van der Waals surface area contributed by atoms with Crippen LogP contribution in [0.3, 0.4) is 0 Å². The van der Waals surface area contributed by atoms with E-state index in [2.05, 4.69) is 5.32 Å². The van der Waals surface area contributed by atoms with Gasteiger partial charge in [-0.15, -0.1) is 0 Å². The van der Waals surface area contributed by atoms with Crippen LogP contribution in [0.1, 0.15) is 28.4 Å². The molecule has 0 unspecified atom stereocenters. The third kappa shape index (κ3) is 5.69. The molecule has 3 rings (SSSR count). The zero-order chi connectivity index (χ0) is 21.3. The quantitative estimate of drug-likeness (QED) is 0.597. The van der Waals surface area contributed by atoms with Crippen molar-refractivity contribution >= 4 is 17.6 Å². The fourth-order valence-corrected chi connectivity index (χ4v) is 2.61. The predicted molar refractivity (Wildman–Crippen MR) is 112 cm³/mol. The summed E-state index contributed by atoms with van der Waals surface area (Å²) in [5.74, 6) is -0.314. The minimum Gasteiger partial charge on any atom is -0.489 e. The van der Waals surface area contributed by atoms with Crippen LogP contribution in [-0.4, -0.2) is 18.0 Å². The number of nitrogens with one attached hydrogen (secondary N) is 1. The van der Waals surface area contributed by atoms with Crippen LogP contribution >= 0.6 is 0 Å². The second-order valence-electron chi connectivity index (χ2n) is 6.53. The van der Waals surface area contributed by atoms with Crippen LogP contribution in [0.15, 0.2) is 78.9 Å². The monoisotopic (exact) mass is 400 g/mol. The van der Waals surface area contributed by atoms with Gasteiger partial charge in [-0.05, 0) is 55.0 Å². The molecular formula is C24H20N2O4. The first-order valence-electron chi connectivity index (χ1n) is 9.34. The number of nitriles is 1. The number of carbonyl (C=O) groups excluding carboxylic acids is 2. The highest BCUT2D eigenvalue weighted by Gasteiger charge is 2.19. The van der Waals surface area contributed by atoms with Gasteiger partial charge in [-0.1, -0.05) is 36.4 Å². The Morgan fingerprint density at radius 1 is 1.00 bits per heavy atom. The van der Waals surface area contributed by atoms with Gasteiger partial charge in [0.1, 0.15) is 12.4 Å². The normalized spacial score (nSPS) is 11.1. The summed E-state index contributed by atoms with van der Waals surface area (Å²) in [6, 6.07) is 24.8. The second kappa shape index (κ2) is 9.89. The SMILES string of the molecule is C[C@H](OC(=O)c1ccc(COc2ccccc2)cc1)C(=O)Nc1cccc(C#N)c1. The fraction of sp³-hybridized carbons (Fsp3) is 0.125. The Labute approximate surface area is 174 Å². The molecule has 1 amide bonds. The highest BCUT2D eigenvalue weighted by atomic mass is 16.5. The van der Waals surface area contributed by atoms with Gasteiger partial charge in [0.2, 0.25) is 0 Å². The summed E-state index contributed by atoms with van der Waals surface area (Å²) < 4.78 is 10.9. The van der Waals surface area contributed by atoms with Crippen LogP contribution < -0.4 is 10.1 Å². The lowest BCUT2D eigenvalue weighted by atomic mass is 10.1. The number of hydrogen-bond donors (Lipinski definition) is 1. The minimum absolute atomic E-state index is 0.338. The molecule has 0 aliphatic rings. The van der Waals surface area contributed by atoms with Crippen molar-refractivity contribution in [3.63, 3.8) is 0 Å². The summed E-state index contributed by atoms with van der Waals surface area (Å²) in [6.45, 7) is 1.86. The average molecular weight is 400 g/mol. The molecule has 1 atom stereocenters. The highest BCUT2D eigenvalue weighted by molar-refractivity contribution is 5.97. The largest absolute Gasteiger partial charge is 0.489 e. The molecule has 0 aliphatic carbocycles. The van der Waals surface area contributed by atoms with Crippen LogP contribution in [-0.2, 0) is 16.1 Å². The zero-order valence-corrected chi connectivity index (χ0v) is 16.4. The summed E-state index contributed by atoms with van der Waals surface area (Å²) in [6.07, 6.45) is -0.996. The molecule has 0 fully saturated rings. The summed E-state index contributed by atoms with van der Waals surface area (Å²) in [5.41, 5.74) is 2.13. The molecule has 1 N–H and O–H groups in total. The van der Waals surface area contributed by atoms with Gasteiger partial charge in [-0.3, -0.25) is 4.79 Å². The molecular weight excluding hydrogens is 380 g/mol. The summed E-state index contributed by atoms with van der Waals surface area (Å²) >= 11 is 0. The van der Waals surface area contributed by atoms with Gasteiger partial charge < -0.3 is 14.8 Å². The van der Waals surface area contributed by atoms with E-state index < -0.39 is 18.0 Å². The molecule has 0 saturated carbocycles. The van der Waals surface area contributed by atoms with Gasteiger partial charge >= 0.3 is 5.97 Å². The van der Waals surface area contributed by atoms with E-state index in [1.54, 1.807) is 48.5 Å². The molecule has 0 radical (unpaired) electrons. The van der Waals surface area contributed by atoms with Crippen LogP contribution in [0.2, 0.25) is 0 Å². The number of nitrogens with zero attached hydrogens (tertiary/aromatic N) is 1. The number of benzene rings is 3. The van der Waals surface area contributed by atoms with Crippen LogP contribution in [0.25, 0.3) is 0 Å². The van der Waals surface area contributed by atoms with Crippen LogP contribution in [0.5, 0.6) is 5.75 Å². The van der Waals surface area contributed by atoms with Crippen molar-refractivity contribution in [3.8, 4) is 11.8 Å². The van der Waals surface area contributed by atoms with Crippen LogP contribution in [0, 0.1) is 11.3 Å². The van der Waals surface area contributed by atoms with E-state index in [-0.39, 0.29) is 0 Å². The van der Waals surface area contributed by atoms with Crippen molar-refractivity contribution in [2.24, 2.45) is 0 Å². The lowest BCUT2D eigenvalue weighted by molar-refractivity contribution is -0.123. The van der Waals surface area contributed by atoms with E-state index in [4.69, 9.17) is 14.7 Å². The summed E-state index contributed by atoms with van der Waals surface area (Å²) in [7, 11) is 0. The number of hydrogen-bond acceptors (Lipinski definition) is 5. The Morgan fingerprint density at radius 3 is 2.43 bits per heavy atom. The second-order valence-corrected chi connectivity index (χ2v) is 6.53. The molecule has 0 heterocycles. The highest BCUT2D eigenvalue weighted by Crippen LogP contribution is 2.14. The van der Waals surface area contributed by atoms with Gasteiger partial charge in [0.25, 0.3) is 5.91 Å². The molecule has 0 aliphatic heterocycles. The number of amides is 1. The molecule has 0 bridgehead atoms. The molecule has 6 heteroatoms. The predicted octanol–water partition coefficient (Wildman–Crippen LogP) is 4.32. The lowest BCUT2D eigenvalue weighted by Crippen LogP contribution is -2.30. The number of ether oxygens (including phenoxy) is 2. The number of carbonyl (C=O) groups is 2. The smallest absolute Gasteiger partial charge is 0.338 e. The van der Waals surface area contributed by atoms with E-state index >= 15 is 0 Å². The molecule has 150 valence electrons. The van der Waals surface area contributed by atoms with E-state index in [0.29, 0.717) is 23.4 Å². The van der Waals surface area contributed by atoms with E-state index in [0.717, 1.165) is 11.3 Å². The van der Waals surface area contributed by atoms with Crippen molar-refractivity contribution < 1.29 is 19.1 Å². The Hall–Kier alpha value is -4.11. The first-order chi connectivity index (χ1) is 14.5. The third-order valence-corrected chi connectivity index (χ3v) is 4.25. The van der Waals surface area contributed by atoms with Gasteiger partial charge in [0, 0.05) is 5.69 Å². The average Bonchev–Trinajstić information content (AvgIpc) is 2.78. The maximum atomic E-state index is 12.3. The number of esters is 1. The van der Waals surface area contributed by atoms with Gasteiger partial charge in [0.15, 0.2) is 6.10 Å². The Balaban J connectivity index is 1.53. The molecule has 0 aromatic heterocycles. The number of rotatable bonds is 7. The maximum Gasteiger partial charge on any atom is 0.338 e. The third-order valence-electron chi connectivity index (χ3n) is 4.25. The van der Waals surface area contributed by atoms with Crippen LogP contribution in [0.4, 0.5) is 5.69 Å². The first-order valence-corrected chi connectivity index (χ1v) is 9.34. The summed E-state index contributed by atoms with van der Waals surface area (Å²) in [4.78, 5) is 24.6. The fourth-order valence-electron chi connectivity index (χ4n) is 2.61. The molecule has 0 spiro atoms. The topological polar surface area (TPSA) is 88.4 Å². The van der Waals surface area contributed by atoms with Crippen molar-refractivity contribution in [2.75, 3.05) is 5.32 Å². The van der Waals surface area contributed by atoms with E-state index in [1.165, 1.54) is 6.92 Å². The Morgan fingerprint density at radius 2 is 1.73 bits per heavy atom. The zero-order valence-electron chi connectivity index (χ0n) is 16.4. The molecule has 0 saturated heterocycles. The molecule has 3 aromatic rings. The molecule has 30 heavy (non-hydrogen) atoms. The Kier molecular flexibility index (Phi) is 6.80. The lowest BCUT2D eigenvalue weighted by Gasteiger charge is -2.14. The van der Waals surface area contributed by atoms with Crippen molar-refractivity contribution in [3.05, 3.63) is 95.6 Å².